The van der Waals surface area contributed by atoms with Gasteiger partial charge in [0.05, 0.1) is 26.4 Å². The number of hydrogen-bond acceptors (Lipinski definition) is 14. The van der Waals surface area contributed by atoms with Crippen molar-refractivity contribution in [2.24, 2.45) is 0 Å². The van der Waals surface area contributed by atoms with Gasteiger partial charge >= 0.3 is 5.97 Å². The molecule has 0 aromatic heterocycles. The van der Waals surface area contributed by atoms with E-state index in [-0.39, 0.29) is 25.6 Å². The summed E-state index contributed by atoms with van der Waals surface area (Å²) in [6, 6.07) is 0. The first-order chi connectivity index (χ1) is 34.6. The number of ether oxygens (including phenoxy) is 6. The average Bonchev–Trinajstić information content (AvgIpc) is 3.37. The lowest BCUT2D eigenvalue weighted by Crippen LogP contribution is -2.61. The van der Waals surface area contributed by atoms with Crippen LogP contribution in [0.2, 0.25) is 0 Å². The molecule has 0 spiro atoms. The molecule has 2 heterocycles. The Bertz CT molecular complexity index is 1400. The van der Waals surface area contributed by atoms with Gasteiger partial charge in [-0.2, -0.15) is 0 Å². The zero-order valence-corrected chi connectivity index (χ0v) is 43.9. The highest BCUT2D eigenvalue weighted by Gasteiger charge is 2.47. The highest BCUT2D eigenvalue weighted by Crippen LogP contribution is 2.26. The molecular weight excluding hydrogens is 909 g/mol. The number of aliphatic hydroxyl groups excluding tert-OH is 7. The zero-order valence-electron chi connectivity index (χ0n) is 43.9. The molecule has 0 aromatic carbocycles. The third-order valence-electron chi connectivity index (χ3n) is 13.0. The number of rotatable bonds is 44. The van der Waals surface area contributed by atoms with Crippen LogP contribution >= 0.6 is 0 Å². The molecule has 2 aliphatic heterocycles. The van der Waals surface area contributed by atoms with Gasteiger partial charge in [0.25, 0.3) is 0 Å². The molecule has 0 bridgehead atoms. The van der Waals surface area contributed by atoms with Gasteiger partial charge in [-0.1, -0.05) is 190 Å². The van der Waals surface area contributed by atoms with Crippen LogP contribution in [0, 0.1) is 0 Å². The summed E-state index contributed by atoms with van der Waals surface area (Å²) >= 11 is 0. The summed E-state index contributed by atoms with van der Waals surface area (Å²) in [5, 5.41) is 72.2. The Morgan fingerprint density at radius 2 is 0.915 bits per heavy atom. The zero-order chi connectivity index (χ0) is 51.6. The normalized spacial score (nSPS) is 25.8. The second kappa shape index (κ2) is 44.0. The molecule has 2 aliphatic rings. The van der Waals surface area contributed by atoms with Gasteiger partial charge in [0.2, 0.25) is 0 Å². The second-order valence-electron chi connectivity index (χ2n) is 19.4. The smallest absolute Gasteiger partial charge is 0.306 e. The molecule has 14 nitrogen and oxygen atoms in total. The Morgan fingerprint density at radius 1 is 0.479 bits per heavy atom. The van der Waals surface area contributed by atoms with Gasteiger partial charge in [-0.05, 0) is 57.8 Å². The second-order valence-corrected chi connectivity index (χ2v) is 19.4. The predicted molar refractivity (Wildman–Crippen MR) is 279 cm³/mol. The molecule has 0 aliphatic carbocycles. The van der Waals surface area contributed by atoms with Crippen molar-refractivity contribution in [1.82, 2.24) is 0 Å². The largest absolute Gasteiger partial charge is 0.457 e. The third kappa shape index (κ3) is 31.2. The van der Waals surface area contributed by atoms with Crippen molar-refractivity contribution in [2.45, 2.75) is 261 Å². The summed E-state index contributed by atoms with van der Waals surface area (Å²) in [6.45, 7) is 3.56. The molecule has 0 radical (unpaired) electrons. The topological polar surface area (TPSA) is 214 Å². The fourth-order valence-corrected chi connectivity index (χ4v) is 8.55. The minimum absolute atomic E-state index is 0.0583. The number of allylic oxidation sites excluding steroid dienone is 10. The fraction of sp³-hybridized carbons (Fsp3) is 0.807. The molecule has 2 rings (SSSR count). The molecule has 71 heavy (non-hydrogen) atoms. The van der Waals surface area contributed by atoms with Crippen LogP contribution in [0.5, 0.6) is 0 Å². The Kier molecular flexibility index (Phi) is 40.2. The predicted octanol–water partition coefficient (Wildman–Crippen LogP) is 9.30. The van der Waals surface area contributed by atoms with Crippen molar-refractivity contribution < 1.29 is 69.0 Å². The van der Waals surface area contributed by atoms with Gasteiger partial charge in [0.1, 0.15) is 54.9 Å². The van der Waals surface area contributed by atoms with Crippen LogP contribution in [0.15, 0.2) is 60.8 Å². The Labute approximate surface area is 428 Å². The van der Waals surface area contributed by atoms with Gasteiger partial charge in [-0.25, -0.2) is 0 Å². The lowest BCUT2D eigenvalue weighted by molar-refractivity contribution is -0.332. The maximum absolute atomic E-state index is 13.0. The van der Waals surface area contributed by atoms with E-state index in [1.54, 1.807) is 0 Å². The molecule has 11 unspecified atom stereocenters. The molecule has 14 heteroatoms. The van der Waals surface area contributed by atoms with E-state index in [9.17, 15) is 40.5 Å². The van der Waals surface area contributed by atoms with Gasteiger partial charge in [0.15, 0.2) is 12.6 Å². The van der Waals surface area contributed by atoms with E-state index >= 15 is 0 Å². The minimum Gasteiger partial charge on any atom is -0.457 e. The Morgan fingerprint density at radius 3 is 1.44 bits per heavy atom. The number of aliphatic hydroxyl groups is 7. The lowest BCUT2D eigenvalue weighted by Gasteiger charge is -2.42. The summed E-state index contributed by atoms with van der Waals surface area (Å²) in [5.74, 6) is -0.380. The van der Waals surface area contributed by atoms with Gasteiger partial charge < -0.3 is 64.2 Å². The van der Waals surface area contributed by atoms with Gasteiger partial charge in [-0.15, -0.1) is 0 Å². The highest BCUT2D eigenvalue weighted by atomic mass is 16.7. The first-order valence-corrected chi connectivity index (χ1v) is 27.9. The van der Waals surface area contributed by atoms with E-state index in [1.165, 1.54) is 89.9 Å². The van der Waals surface area contributed by atoms with E-state index in [0.29, 0.717) is 13.0 Å². The number of esters is 1. The van der Waals surface area contributed by atoms with Crippen LogP contribution < -0.4 is 0 Å². The molecule has 0 saturated carbocycles. The van der Waals surface area contributed by atoms with Crippen LogP contribution in [-0.2, 0) is 33.2 Å². The molecule has 0 amide bonds. The maximum atomic E-state index is 13.0. The van der Waals surface area contributed by atoms with E-state index < -0.39 is 80.7 Å². The van der Waals surface area contributed by atoms with Crippen molar-refractivity contribution in [3.8, 4) is 0 Å². The van der Waals surface area contributed by atoms with Crippen molar-refractivity contribution >= 4 is 5.97 Å². The van der Waals surface area contributed by atoms with E-state index in [0.717, 1.165) is 77.0 Å². The first-order valence-electron chi connectivity index (χ1n) is 27.9. The van der Waals surface area contributed by atoms with Crippen LogP contribution in [0.3, 0.4) is 0 Å². The average molecular weight is 1010 g/mol. The Balaban J connectivity index is 1.68. The van der Waals surface area contributed by atoms with Gasteiger partial charge in [0, 0.05) is 13.0 Å². The summed E-state index contributed by atoms with van der Waals surface area (Å²) < 4.78 is 34.3. The monoisotopic (exact) mass is 1010 g/mol. The van der Waals surface area contributed by atoms with Crippen LogP contribution in [0.4, 0.5) is 0 Å². The SMILES string of the molecule is CC/C=C\C/C=C\C/C=C\C/C=C\C/C=C\CCCCCCCCCCCCOCC(COC1OC(COC2OC(CO)C(O)C(O)C2O)C(O)C(O)C1O)OC(=O)CCCCCCCCCCCCC. The van der Waals surface area contributed by atoms with Gasteiger partial charge in [-0.3, -0.25) is 4.79 Å². The van der Waals surface area contributed by atoms with Crippen molar-refractivity contribution in [2.75, 3.05) is 33.0 Å². The molecule has 0 aromatic rings. The molecular formula is C57H100O14. The molecule has 2 fully saturated rings. The molecule has 2 saturated heterocycles. The first kappa shape index (κ1) is 64.8. The summed E-state index contributed by atoms with van der Waals surface area (Å²) in [5.41, 5.74) is 0. The van der Waals surface area contributed by atoms with Crippen molar-refractivity contribution in [1.29, 1.82) is 0 Å². The third-order valence-corrected chi connectivity index (χ3v) is 13.0. The summed E-state index contributed by atoms with van der Waals surface area (Å²) in [7, 11) is 0. The minimum atomic E-state index is -1.71. The number of carbonyl (C=O) groups is 1. The number of hydrogen-bond donors (Lipinski definition) is 7. The molecule has 11 atom stereocenters. The standard InChI is InChI=1S/C57H100O14/c1-3-5-7-9-11-13-15-16-17-18-19-20-21-22-23-24-25-26-27-28-29-31-33-35-37-39-41-66-43-46(69-49(59)40-38-36-34-32-30-14-12-10-8-6-4-2)44-67-56-55(65)53(63)51(61)48(71-56)45-68-57-54(64)52(62)50(60)47(42-58)70-57/h5,7,11,13,16-17,19-20,22-23,46-48,50-58,60-65H,3-4,6,8-10,12,14-15,18,21,24-45H2,1-2H3/b7-5-,13-11-,17-16-,20-19-,23-22-. The van der Waals surface area contributed by atoms with Crippen LogP contribution in [0.25, 0.3) is 0 Å². The number of carbonyl (C=O) groups excluding carboxylic acids is 1. The van der Waals surface area contributed by atoms with Crippen molar-refractivity contribution in [3.63, 3.8) is 0 Å². The van der Waals surface area contributed by atoms with Crippen molar-refractivity contribution in [3.05, 3.63) is 60.8 Å². The highest BCUT2D eigenvalue weighted by molar-refractivity contribution is 5.69. The fourth-order valence-electron chi connectivity index (χ4n) is 8.55. The quantitative estimate of drug-likeness (QED) is 0.0172. The maximum Gasteiger partial charge on any atom is 0.306 e. The lowest BCUT2D eigenvalue weighted by atomic mass is 9.98. The Hall–Kier alpha value is -2.31. The molecule has 7 N–H and O–H groups in total. The summed E-state index contributed by atoms with van der Waals surface area (Å²) in [4.78, 5) is 13.0. The summed E-state index contributed by atoms with van der Waals surface area (Å²) in [6.07, 6.45) is 37.2. The van der Waals surface area contributed by atoms with E-state index in [4.69, 9.17) is 28.4 Å². The van der Waals surface area contributed by atoms with Crippen LogP contribution in [0.1, 0.15) is 194 Å². The van der Waals surface area contributed by atoms with Crippen LogP contribution in [-0.4, -0.2) is 142 Å². The van der Waals surface area contributed by atoms with E-state index in [1.807, 2.05) is 0 Å². The molecule has 412 valence electrons. The van der Waals surface area contributed by atoms with E-state index in [2.05, 4.69) is 74.6 Å². The number of unbranched alkanes of at least 4 members (excludes halogenated alkanes) is 20.